The highest BCUT2D eigenvalue weighted by atomic mass is 35.5. The van der Waals surface area contributed by atoms with E-state index in [9.17, 15) is 4.39 Å². The Labute approximate surface area is 77.4 Å². The van der Waals surface area contributed by atoms with Gasteiger partial charge in [-0.25, -0.2) is 4.39 Å². The molecule has 1 atom stereocenters. The fourth-order valence-electron chi connectivity index (χ4n) is 1.05. The lowest BCUT2D eigenvalue weighted by atomic mass is 9.99. The highest BCUT2D eigenvalue weighted by Crippen LogP contribution is 2.23. The fraction of sp³-hybridized carbons (Fsp3) is 0.400. The minimum Gasteiger partial charge on any atom is -0.205 e. The lowest BCUT2D eigenvalue weighted by Crippen LogP contribution is -1.91. The number of hydrogen-bond acceptors (Lipinski definition) is 0. The van der Waals surface area contributed by atoms with E-state index in [1.54, 1.807) is 12.1 Å². The SMILES string of the molecule is CC[C@H](C)c1ccc(F)c(Cl)c1. The third-order valence-electron chi connectivity index (χ3n) is 2.13. The first-order valence-corrected chi connectivity index (χ1v) is 4.48. The van der Waals surface area contributed by atoms with Crippen LogP contribution in [-0.4, -0.2) is 0 Å². The van der Waals surface area contributed by atoms with E-state index in [1.165, 1.54) is 6.07 Å². The van der Waals surface area contributed by atoms with Crippen molar-refractivity contribution >= 4 is 11.6 Å². The van der Waals surface area contributed by atoms with Crippen LogP contribution < -0.4 is 0 Å². The maximum atomic E-state index is 12.7. The minimum atomic E-state index is -0.344. The van der Waals surface area contributed by atoms with Gasteiger partial charge in [0.1, 0.15) is 5.82 Å². The molecule has 1 aromatic rings. The van der Waals surface area contributed by atoms with Crippen molar-refractivity contribution in [3.8, 4) is 0 Å². The smallest absolute Gasteiger partial charge is 0.141 e. The highest BCUT2D eigenvalue weighted by Gasteiger charge is 2.05. The van der Waals surface area contributed by atoms with Crippen LogP contribution in [0.1, 0.15) is 31.7 Å². The summed E-state index contributed by atoms with van der Waals surface area (Å²) < 4.78 is 12.7. The molecule has 1 rings (SSSR count). The highest BCUT2D eigenvalue weighted by molar-refractivity contribution is 6.30. The van der Waals surface area contributed by atoms with E-state index >= 15 is 0 Å². The van der Waals surface area contributed by atoms with Gasteiger partial charge in [-0.3, -0.25) is 0 Å². The largest absolute Gasteiger partial charge is 0.205 e. The van der Waals surface area contributed by atoms with Crippen molar-refractivity contribution in [2.45, 2.75) is 26.2 Å². The molecule has 66 valence electrons. The molecule has 2 heteroatoms. The normalized spacial score (nSPS) is 13.0. The molecule has 0 aliphatic carbocycles. The molecule has 0 bridgehead atoms. The van der Waals surface area contributed by atoms with Crippen LogP contribution in [0.5, 0.6) is 0 Å². The zero-order chi connectivity index (χ0) is 9.14. The quantitative estimate of drug-likeness (QED) is 0.655. The molecule has 0 aliphatic heterocycles. The predicted molar refractivity (Wildman–Crippen MR) is 50.1 cm³/mol. The Morgan fingerprint density at radius 3 is 2.67 bits per heavy atom. The van der Waals surface area contributed by atoms with E-state index in [-0.39, 0.29) is 10.8 Å². The molecule has 0 N–H and O–H groups in total. The molecule has 1 aromatic carbocycles. The number of rotatable bonds is 2. The molecule has 0 amide bonds. The van der Waals surface area contributed by atoms with E-state index in [0.717, 1.165) is 12.0 Å². The Kier molecular flexibility index (Phi) is 3.10. The van der Waals surface area contributed by atoms with Crippen molar-refractivity contribution in [1.82, 2.24) is 0 Å². The van der Waals surface area contributed by atoms with E-state index in [4.69, 9.17) is 11.6 Å². The van der Waals surface area contributed by atoms with E-state index < -0.39 is 0 Å². The van der Waals surface area contributed by atoms with Crippen LogP contribution in [0.15, 0.2) is 18.2 Å². The number of hydrogen-bond donors (Lipinski definition) is 0. The van der Waals surface area contributed by atoms with E-state index in [2.05, 4.69) is 13.8 Å². The van der Waals surface area contributed by atoms with Crippen LogP contribution in [-0.2, 0) is 0 Å². The molecule has 0 saturated heterocycles. The summed E-state index contributed by atoms with van der Waals surface area (Å²) in [6.07, 6.45) is 1.04. The topological polar surface area (TPSA) is 0 Å². The average molecular weight is 187 g/mol. The van der Waals surface area contributed by atoms with Crippen molar-refractivity contribution in [2.75, 3.05) is 0 Å². The first-order chi connectivity index (χ1) is 5.65. The molecule has 12 heavy (non-hydrogen) atoms. The Balaban J connectivity index is 2.96. The Hall–Kier alpha value is -0.560. The summed E-state index contributed by atoms with van der Waals surface area (Å²) in [5.41, 5.74) is 1.10. The third-order valence-corrected chi connectivity index (χ3v) is 2.41. The second-order valence-electron chi connectivity index (χ2n) is 2.98. The van der Waals surface area contributed by atoms with Gasteiger partial charge in [-0.15, -0.1) is 0 Å². The standard InChI is InChI=1S/C10H12ClF/c1-3-7(2)8-4-5-10(12)9(11)6-8/h4-7H,3H2,1-2H3/t7-/m0/s1. The number of benzene rings is 1. The van der Waals surface area contributed by atoms with Crippen molar-refractivity contribution in [1.29, 1.82) is 0 Å². The van der Waals surface area contributed by atoms with E-state index in [0.29, 0.717) is 5.92 Å². The van der Waals surface area contributed by atoms with Crippen molar-refractivity contribution in [2.24, 2.45) is 0 Å². The zero-order valence-corrected chi connectivity index (χ0v) is 8.03. The molecular weight excluding hydrogens is 175 g/mol. The molecule has 0 saturated carbocycles. The second kappa shape index (κ2) is 3.90. The van der Waals surface area contributed by atoms with Gasteiger partial charge >= 0.3 is 0 Å². The van der Waals surface area contributed by atoms with Crippen LogP contribution in [0, 0.1) is 5.82 Å². The van der Waals surface area contributed by atoms with Gasteiger partial charge in [-0.05, 0) is 30.0 Å². The lowest BCUT2D eigenvalue weighted by Gasteiger charge is -2.08. The van der Waals surface area contributed by atoms with Crippen LogP contribution >= 0.6 is 11.6 Å². The third kappa shape index (κ3) is 1.98. The van der Waals surface area contributed by atoms with Crippen molar-refractivity contribution in [3.63, 3.8) is 0 Å². The summed E-state index contributed by atoms with van der Waals surface area (Å²) in [5.74, 6) is 0.104. The van der Waals surface area contributed by atoms with Gasteiger partial charge < -0.3 is 0 Å². The summed E-state index contributed by atoms with van der Waals surface area (Å²) in [7, 11) is 0. The van der Waals surface area contributed by atoms with Crippen LogP contribution in [0.3, 0.4) is 0 Å². The maximum Gasteiger partial charge on any atom is 0.141 e. The van der Waals surface area contributed by atoms with Gasteiger partial charge in [0, 0.05) is 0 Å². The summed E-state index contributed by atoms with van der Waals surface area (Å²) in [6, 6.07) is 4.91. The average Bonchev–Trinajstić information content (AvgIpc) is 2.08. The first-order valence-electron chi connectivity index (χ1n) is 4.10. The van der Waals surface area contributed by atoms with Gasteiger partial charge in [0.15, 0.2) is 0 Å². The molecule has 0 fully saturated rings. The first kappa shape index (κ1) is 9.53. The van der Waals surface area contributed by atoms with Crippen molar-refractivity contribution in [3.05, 3.63) is 34.6 Å². The van der Waals surface area contributed by atoms with Crippen LogP contribution in [0.2, 0.25) is 5.02 Å². The molecule has 0 radical (unpaired) electrons. The van der Waals surface area contributed by atoms with Crippen molar-refractivity contribution < 1.29 is 4.39 Å². The second-order valence-corrected chi connectivity index (χ2v) is 3.39. The summed E-state index contributed by atoms with van der Waals surface area (Å²) in [4.78, 5) is 0. The van der Waals surface area contributed by atoms with Crippen LogP contribution in [0.4, 0.5) is 4.39 Å². The van der Waals surface area contributed by atoms with Gasteiger partial charge in [0.2, 0.25) is 0 Å². The maximum absolute atomic E-state index is 12.7. The molecular formula is C10H12ClF. The molecule has 0 unspecified atom stereocenters. The van der Waals surface area contributed by atoms with Crippen LogP contribution in [0.25, 0.3) is 0 Å². The summed E-state index contributed by atoms with van der Waals surface area (Å²) in [6.45, 7) is 4.20. The minimum absolute atomic E-state index is 0.216. The Morgan fingerprint density at radius 2 is 2.17 bits per heavy atom. The number of halogens is 2. The lowest BCUT2D eigenvalue weighted by molar-refractivity contribution is 0.625. The molecule has 0 heterocycles. The van der Waals surface area contributed by atoms with E-state index in [1.807, 2.05) is 0 Å². The summed E-state index contributed by atoms with van der Waals surface area (Å²) >= 11 is 5.64. The Bertz CT molecular complexity index is 271. The fourth-order valence-corrected chi connectivity index (χ4v) is 1.24. The monoisotopic (exact) mass is 186 g/mol. The molecule has 0 aromatic heterocycles. The molecule has 0 aliphatic rings. The zero-order valence-electron chi connectivity index (χ0n) is 7.27. The van der Waals surface area contributed by atoms with Gasteiger partial charge in [0.05, 0.1) is 5.02 Å². The van der Waals surface area contributed by atoms with Gasteiger partial charge in [0.25, 0.3) is 0 Å². The molecule has 0 spiro atoms. The Morgan fingerprint density at radius 1 is 1.50 bits per heavy atom. The predicted octanol–water partition coefficient (Wildman–Crippen LogP) is 3.99. The summed E-state index contributed by atoms with van der Waals surface area (Å²) in [5, 5.41) is 0.216. The van der Waals surface area contributed by atoms with Gasteiger partial charge in [-0.2, -0.15) is 0 Å². The molecule has 0 nitrogen and oxygen atoms in total. The van der Waals surface area contributed by atoms with Gasteiger partial charge in [-0.1, -0.05) is 31.5 Å².